The molecule has 0 unspecified atom stereocenters. The molecule has 1 aliphatic rings. The SMILES string of the molecule is CCC[C@@H](O)CC[C@H]1[C@H](C)CCCC1(C)C. The summed E-state index contributed by atoms with van der Waals surface area (Å²) in [7, 11) is 0. The van der Waals surface area contributed by atoms with E-state index in [4.69, 9.17) is 0 Å². The maximum Gasteiger partial charge on any atom is 0.0540 e. The molecule has 1 fully saturated rings. The first-order valence-corrected chi connectivity index (χ1v) is 7.15. The Balaban J connectivity index is 2.43. The van der Waals surface area contributed by atoms with Crippen molar-refractivity contribution in [1.29, 1.82) is 0 Å². The van der Waals surface area contributed by atoms with Crippen molar-refractivity contribution in [3.05, 3.63) is 0 Å². The van der Waals surface area contributed by atoms with Crippen molar-refractivity contribution in [3.63, 3.8) is 0 Å². The third-order valence-electron chi connectivity index (χ3n) is 4.60. The van der Waals surface area contributed by atoms with E-state index in [2.05, 4.69) is 27.7 Å². The highest BCUT2D eigenvalue weighted by atomic mass is 16.3. The first-order valence-electron chi connectivity index (χ1n) is 7.15. The Morgan fingerprint density at radius 3 is 2.56 bits per heavy atom. The van der Waals surface area contributed by atoms with E-state index in [0.29, 0.717) is 5.41 Å². The molecule has 0 heterocycles. The fraction of sp³-hybridized carbons (Fsp3) is 1.00. The highest BCUT2D eigenvalue weighted by Gasteiger charge is 2.36. The normalized spacial score (nSPS) is 31.3. The fourth-order valence-corrected chi connectivity index (χ4v) is 3.56. The lowest BCUT2D eigenvalue weighted by molar-refractivity contribution is 0.0560. The average molecular weight is 226 g/mol. The molecule has 0 aromatic carbocycles. The van der Waals surface area contributed by atoms with Crippen molar-refractivity contribution in [1.82, 2.24) is 0 Å². The van der Waals surface area contributed by atoms with Crippen LogP contribution in [0, 0.1) is 17.3 Å². The van der Waals surface area contributed by atoms with Gasteiger partial charge in [0, 0.05) is 0 Å². The van der Waals surface area contributed by atoms with Gasteiger partial charge in [-0.05, 0) is 42.9 Å². The molecular weight excluding hydrogens is 196 g/mol. The van der Waals surface area contributed by atoms with Gasteiger partial charge >= 0.3 is 0 Å². The maximum atomic E-state index is 9.84. The lowest BCUT2D eigenvalue weighted by Gasteiger charge is -2.43. The summed E-state index contributed by atoms with van der Waals surface area (Å²) in [6, 6.07) is 0. The lowest BCUT2D eigenvalue weighted by Crippen LogP contribution is -2.34. The van der Waals surface area contributed by atoms with Crippen LogP contribution < -0.4 is 0 Å². The zero-order valence-corrected chi connectivity index (χ0v) is 11.6. The monoisotopic (exact) mass is 226 g/mol. The summed E-state index contributed by atoms with van der Waals surface area (Å²) >= 11 is 0. The number of hydrogen-bond donors (Lipinski definition) is 1. The van der Waals surface area contributed by atoms with E-state index in [9.17, 15) is 5.11 Å². The fourth-order valence-electron chi connectivity index (χ4n) is 3.56. The van der Waals surface area contributed by atoms with Crippen molar-refractivity contribution >= 4 is 0 Å². The highest BCUT2D eigenvalue weighted by molar-refractivity contribution is 4.86. The van der Waals surface area contributed by atoms with Crippen LogP contribution in [0.25, 0.3) is 0 Å². The van der Waals surface area contributed by atoms with Gasteiger partial charge in [0.2, 0.25) is 0 Å². The molecule has 0 aliphatic heterocycles. The minimum atomic E-state index is -0.0603. The van der Waals surface area contributed by atoms with Gasteiger partial charge in [0.15, 0.2) is 0 Å². The second kappa shape index (κ2) is 6.05. The van der Waals surface area contributed by atoms with Gasteiger partial charge in [0.05, 0.1) is 6.10 Å². The van der Waals surface area contributed by atoms with Gasteiger partial charge in [-0.3, -0.25) is 0 Å². The van der Waals surface area contributed by atoms with Crippen LogP contribution in [-0.2, 0) is 0 Å². The molecule has 3 atom stereocenters. The maximum absolute atomic E-state index is 9.84. The first kappa shape index (κ1) is 14.0. The summed E-state index contributed by atoms with van der Waals surface area (Å²) < 4.78 is 0. The number of aliphatic hydroxyl groups is 1. The van der Waals surface area contributed by atoms with Gasteiger partial charge in [0.1, 0.15) is 0 Å². The van der Waals surface area contributed by atoms with Crippen LogP contribution in [0.3, 0.4) is 0 Å². The standard InChI is InChI=1S/C15H30O/c1-5-7-13(16)9-10-14-12(2)8-6-11-15(14,3)4/h12-14,16H,5-11H2,1-4H3/t12-,13-,14+/m1/s1. The van der Waals surface area contributed by atoms with Crippen LogP contribution in [0.15, 0.2) is 0 Å². The molecule has 0 amide bonds. The third kappa shape index (κ3) is 3.76. The molecule has 0 spiro atoms. The van der Waals surface area contributed by atoms with Crippen molar-refractivity contribution in [2.45, 2.75) is 78.7 Å². The Bertz CT molecular complexity index is 198. The summed E-state index contributed by atoms with van der Waals surface area (Å²) in [6.07, 6.45) is 8.38. The van der Waals surface area contributed by atoms with Crippen molar-refractivity contribution in [2.75, 3.05) is 0 Å². The molecule has 0 aromatic rings. The topological polar surface area (TPSA) is 20.2 Å². The van der Waals surface area contributed by atoms with Gasteiger partial charge in [-0.15, -0.1) is 0 Å². The Labute approximate surface area is 102 Å². The quantitative estimate of drug-likeness (QED) is 0.737. The van der Waals surface area contributed by atoms with E-state index < -0.39 is 0 Å². The number of aliphatic hydroxyl groups excluding tert-OH is 1. The third-order valence-corrected chi connectivity index (χ3v) is 4.60. The van der Waals surface area contributed by atoms with Crippen molar-refractivity contribution in [2.24, 2.45) is 17.3 Å². The van der Waals surface area contributed by atoms with E-state index in [-0.39, 0.29) is 6.10 Å². The van der Waals surface area contributed by atoms with E-state index in [1.807, 2.05) is 0 Å². The molecule has 0 bridgehead atoms. The van der Waals surface area contributed by atoms with E-state index in [1.54, 1.807) is 0 Å². The zero-order chi connectivity index (χ0) is 12.2. The molecular formula is C15H30O. The number of hydrogen-bond acceptors (Lipinski definition) is 1. The second-order valence-electron chi connectivity index (χ2n) is 6.48. The Morgan fingerprint density at radius 2 is 2.00 bits per heavy atom. The van der Waals surface area contributed by atoms with Gasteiger partial charge in [-0.1, -0.05) is 47.0 Å². The Morgan fingerprint density at radius 1 is 1.31 bits per heavy atom. The van der Waals surface area contributed by atoms with Crippen LogP contribution in [-0.4, -0.2) is 11.2 Å². The summed E-state index contributed by atoms with van der Waals surface area (Å²) in [5, 5.41) is 9.84. The van der Waals surface area contributed by atoms with Gasteiger partial charge in [-0.25, -0.2) is 0 Å². The summed E-state index contributed by atoms with van der Waals surface area (Å²) in [5.41, 5.74) is 0.490. The Kier molecular flexibility index (Phi) is 5.30. The molecule has 1 N–H and O–H groups in total. The molecule has 0 radical (unpaired) electrons. The lowest BCUT2D eigenvalue weighted by atomic mass is 9.62. The average Bonchev–Trinajstić information content (AvgIpc) is 2.16. The molecule has 16 heavy (non-hydrogen) atoms. The predicted octanol–water partition coefficient (Wildman–Crippen LogP) is 4.39. The zero-order valence-electron chi connectivity index (χ0n) is 11.6. The number of rotatable bonds is 5. The van der Waals surface area contributed by atoms with Crippen LogP contribution in [0.5, 0.6) is 0 Å². The van der Waals surface area contributed by atoms with Gasteiger partial charge in [0.25, 0.3) is 0 Å². The summed E-state index contributed by atoms with van der Waals surface area (Å²) in [4.78, 5) is 0. The second-order valence-corrected chi connectivity index (χ2v) is 6.48. The highest BCUT2D eigenvalue weighted by Crippen LogP contribution is 2.46. The van der Waals surface area contributed by atoms with Crippen LogP contribution >= 0.6 is 0 Å². The summed E-state index contributed by atoms with van der Waals surface area (Å²) in [6.45, 7) is 9.38. The first-order chi connectivity index (χ1) is 7.47. The summed E-state index contributed by atoms with van der Waals surface area (Å²) in [5.74, 6) is 1.66. The van der Waals surface area contributed by atoms with Crippen LogP contribution in [0.1, 0.15) is 72.6 Å². The molecule has 0 saturated heterocycles. The molecule has 1 rings (SSSR count). The molecule has 1 aliphatic carbocycles. The largest absolute Gasteiger partial charge is 0.393 e. The van der Waals surface area contributed by atoms with Crippen LogP contribution in [0.2, 0.25) is 0 Å². The minimum Gasteiger partial charge on any atom is -0.393 e. The van der Waals surface area contributed by atoms with Gasteiger partial charge in [-0.2, -0.15) is 0 Å². The molecule has 1 saturated carbocycles. The molecule has 1 heteroatoms. The van der Waals surface area contributed by atoms with Crippen LogP contribution in [0.4, 0.5) is 0 Å². The minimum absolute atomic E-state index is 0.0603. The predicted molar refractivity (Wildman–Crippen MR) is 70.4 cm³/mol. The van der Waals surface area contributed by atoms with Gasteiger partial charge < -0.3 is 5.11 Å². The van der Waals surface area contributed by atoms with Crippen molar-refractivity contribution < 1.29 is 5.11 Å². The van der Waals surface area contributed by atoms with Crippen molar-refractivity contribution in [3.8, 4) is 0 Å². The smallest absolute Gasteiger partial charge is 0.0540 e. The molecule has 96 valence electrons. The van der Waals surface area contributed by atoms with E-state index >= 15 is 0 Å². The van der Waals surface area contributed by atoms with E-state index in [1.165, 1.54) is 25.7 Å². The van der Waals surface area contributed by atoms with E-state index in [0.717, 1.165) is 31.1 Å². The molecule has 1 nitrogen and oxygen atoms in total. The Hall–Kier alpha value is -0.0400. The molecule has 0 aromatic heterocycles.